The molecule has 0 aliphatic heterocycles. The number of hydrogen-bond donors (Lipinski definition) is 1. The van der Waals surface area contributed by atoms with Gasteiger partial charge in [0, 0.05) is 33.8 Å². The number of carboxylic acid groups (broad SMARTS) is 1. The molecule has 0 unspecified atom stereocenters. The van der Waals surface area contributed by atoms with Crippen LogP contribution in [0.4, 0.5) is 0 Å². The van der Waals surface area contributed by atoms with Crippen molar-refractivity contribution in [3.05, 3.63) is 123 Å². The van der Waals surface area contributed by atoms with Gasteiger partial charge in [0.1, 0.15) is 5.82 Å². The summed E-state index contributed by atoms with van der Waals surface area (Å²) >= 11 is 3.13. The van der Waals surface area contributed by atoms with E-state index < -0.39 is 5.97 Å². The third-order valence-corrected chi connectivity index (χ3v) is 9.06. The first-order valence-corrected chi connectivity index (χ1v) is 15.4. The lowest BCUT2D eigenvalue weighted by atomic mass is 9.99. The number of benzene rings is 2. The van der Waals surface area contributed by atoms with Crippen molar-refractivity contribution >= 4 is 39.7 Å². The summed E-state index contributed by atoms with van der Waals surface area (Å²) < 4.78 is 2.24. The lowest BCUT2D eigenvalue weighted by Gasteiger charge is -2.11. The molecule has 0 radical (unpaired) electrons. The van der Waals surface area contributed by atoms with Crippen molar-refractivity contribution in [1.29, 1.82) is 0 Å². The Kier molecular flexibility index (Phi) is 7.63. The molecule has 0 fully saturated rings. The van der Waals surface area contributed by atoms with Crippen LogP contribution in [0.2, 0.25) is 0 Å². The third-order valence-electron chi connectivity index (χ3n) is 7.26. The fraction of sp³-hybridized carbons (Fsp3) is 0.147. The molecule has 3 aromatic heterocycles. The molecule has 0 saturated carbocycles. The first-order chi connectivity index (χ1) is 20.0. The van der Waals surface area contributed by atoms with Crippen molar-refractivity contribution in [2.24, 2.45) is 0 Å². The number of rotatable bonds is 9. The van der Waals surface area contributed by atoms with Crippen LogP contribution < -0.4 is 5.43 Å². The summed E-state index contributed by atoms with van der Waals surface area (Å²) in [6, 6.07) is 27.0. The maximum absolute atomic E-state index is 13.9. The molecule has 0 spiro atoms. The van der Waals surface area contributed by atoms with Crippen molar-refractivity contribution in [1.82, 2.24) is 9.55 Å². The van der Waals surface area contributed by atoms with Gasteiger partial charge in [-0.3, -0.25) is 4.79 Å². The Balaban J connectivity index is 1.49. The van der Waals surface area contributed by atoms with Gasteiger partial charge in [-0.25, -0.2) is 9.78 Å². The lowest BCUT2D eigenvalue weighted by molar-refractivity contribution is 0.0697. The van der Waals surface area contributed by atoms with E-state index in [2.05, 4.69) is 11.5 Å². The summed E-state index contributed by atoms with van der Waals surface area (Å²) in [6.45, 7) is 2.76. The molecule has 1 N–H and O–H groups in total. The Morgan fingerprint density at radius 1 is 0.854 bits per heavy atom. The average Bonchev–Trinajstić information content (AvgIpc) is 3.75. The number of fused-ring (bicyclic) bond motifs is 1. The molecule has 41 heavy (non-hydrogen) atoms. The molecule has 204 valence electrons. The van der Waals surface area contributed by atoms with E-state index in [-0.39, 0.29) is 11.0 Å². The van der Waals surface area contributed by atoms with Gasteiger partial charge in [-0.1, -0.05) is 67.9 Å². The fourth-order valence-electron chi connectivity index (χ4n) is 5.17. The first-order valence-electron chi connectivity index (χ1n) is 13.6. The Morgan fingerprint density at radius 3 is 2.17 bits per heavy atom. The van der Waals surface area contributed by atoms with Crippen molar-refractivity contribution in [2.45, 2.75) is 32.7 Å². The number of aryl methyl sites for hydroxylation is 1. The van der Waals surface area contributed by atoms with Crippen LogP contribution in [-0.4, -0.2) is 20.6 Å². The van der Waals surface area contributed by atoms with Crippen molar-refractivity contribution < 1.29 is 9.90 Å². The summed E-state index contributed by atoms with van der Waals surface area (Å²) in [4.78, 5) is 32.6. The molecular formula is C34H28N2O3S2. The minimum absolute atomic E-state index is 0.0102. The fourth-order valence-corrected chi connectivity index (χ4v) is 6.65. The van der Waals surface area contributed by atoms with Crippen molar-refractivity contribution in [3.63, 3.8) is 0 Å². The standard InChI is InChI=1S/C34H28N2O3S2/c1-2-3-12-32-35-28-19-26(30-10-6-17-40-30)33(37)27(31-11-7-18-41-31)20-29(28)36(32)21-22-13-15-23(16-14-22)24-8-4-5-9-25(24)34(38)39/h4-11,13-20H,2-3,12,21H2,1H3,(H,38,39). The van der Waals surface area contributed by atoms with Gasteiger partial charge in [0.2, 0.25) is 0 Å². The minimum atomic E-state index is -0.941. The number of carbonyl (C=O) groups is 1. The Bertz CT molecular complexity index is 1890. The number of carboxylic acids is 1. The minimum Gasteiger partial charge on any atom is -0.478 e. The number of aromatic nitrogens is 2. The molecule has 6 aromatic rings. The topological polar surface area (TPSA) is 72.2 Å². The summed E-state index contributed by atoms with van der Waals surface area (Å²) in [5.41, 5.74) is 6.02. The van der Waals surface area contributed by atoms with Crippen LogP contribution in [0.15, 0.2) is 100 Å². The predicted molar refractivity (Wildman–Crippen MR) is 169 cm³/mol. The second-order valence-electron chi connectivity index (χ2n) is 9.94. The van der Waals surface area contributed by atoms with Gasteiger partial charge < -0.3 is 9.67 Å². The average molecular weight is 577 g/mol. The number of imidazole rings is 1. The van der Waals surface area contributed by atoms with Gasteiger partial charge in [-0.15, -0.1) is 22.7 Å². The molecule has 0 aliphatic rings. The highest BCUT2D eigenvalue weighted by Gasteiger charge is 2.18. The van der Waals surface area contributed by atoms with Crippen LogP contribution in [0.3, 0.4) is 0 Å². The summed E-state index contributed by atoms with van der Waals surface area (Å²) in [5.74, 6) is 0.0549. The highest BCUT2D eigenvalue weighted by atomic mass is 32.1. The molecule has 3 heterocycles. The van der Waals surface area contributed by atoms with Gasteiger partial charge in [-0.05, 0) is 64.2 Å². The molecule has 0 bridgehead atoms. The van der Waals surface area contributed by atoms with E-state index in [1.807, 2.05) is 83.6 Å². The van der Waals surface area contributed by atoms with Crippen LogP contribution in [0.25, 0.3) is 43.0 Å². The molecule has 0 saturated heterocycles. The van der Waals surface area contributed by atoms with E-state index in [0.717, 1.165) is 57.0 Å². The molecule has 0 atom stereocenters. The zero-order chi connectivity index (χ0) is 28.3. The second kappa shape index (κ2) is 11.6. The lowest BCUT2D eigenvalue weighted by Crippen LogP contribution is -2.07. The van der Waals surface area contributed by atoms with E-state index in [1.54, 1.807) is 34.8 Å². The zero-order valence-corrected chi connectivity index (χ0v) is 24.2. The molecule has 5 nitrogen and oxygen atoms in total. The Hall–Kier alpha value is -4.33. The number of hydrogen-bond acceptors (Lipinski definition) is 5. The number of thiophene rings is 2. The van der Waals surface area contributed by atoms with E-state index in [4.69, 9.17) is 4.98 Å². The molecule has 0 aliphatic carbocycles. The predicted octanol–water partition coefficient (Wildman–Crippen LogP) is 8.61. The number of unbranched alkanes of at least 4 members (excludes halogenated alkanes) is 1. The first kappa shape index (κ1) is 26.9. The molecule has 6 rings (SSSR count). The van der Waals surface area contributed by atoms with Crippen LogP contribution in [0, 0.1) is 0 Å². The monoisotopic (exact) mass is 576 g/mol. The van der Waals surface area contributed by atoms with E-state index in [0.29, 0.717) is 23.2 Å². The van der Waals surface area contributed by atoms with E-state index in [9.17, 15) is 14.7 Å². The SMILES string of the molecule is CCCCc1nc2cc(-c3cccs3)c(=O)c(-c3cccs3)cc2n1Cc1ccc(-c2ccccc2C(=O)O)cc1. The number of nitrogens with zero attached hydrogens (tertiary/aromatic N) is 2. The summed E-state index contributed by atoms with van der Waals surface area (Å²) in [5, 5.41) is 13.6. The largest absolute Gasteiger partial charge is 0.478 e. The van der Waals surface area contributed by atoms with Crippen molar-refractivity contribution in [3.8, 4) is 32.0 Å². The maximum Gasteiger partial charge on any atom is 0.336 e. The molecular weight excluding hydrogens is 549 g/mol. The Labute approximate surface area is 246 Å². The molecule has 7 heteroatoms. The second-order valence-corrected chi connectivity index (χ2v) is 11.8. The van der Waals surface area contributed by atoms with E-state index >= 15 is 0 Å². The highest BCUT2D eigenvalue weighted by molar-refractivity contribution is 7.14. The van der Waals surface area contributed by atoms with Gasteiger partial charge >= 0.3 is 5.97 Å². The maximum atomic E-state index is 13.9. The van der Waals surface area contributed by atoms with E-state index in [1.165, 1.54) is 0 Å². The molecule has 0 amide bonds. The quantitative estimate of drug-likeness (QED) is 0.187. The highest BCUT2D eigenvalue weighted by Crippen LogP contribution is 2.31. The van der Waals surface area contributed by atoms with Crippen LogP contribution in [-0.2, 0) is 13.0 Å². The number of aromatic carboxylic acids is 1. The van der Waals surface area contributed by atoms with Gasteiger partial charge in [0.25, 0.3) is 0 Å². The summed E-state index contributed by atoms with van der Waals surface area (Å²) in [6.07, 6.45) is 2.91. The van der Waals surface area contributed by atoms with Gasteiger partial charge in [0.15, 0.2) is 5.43 Å². The Morgan fingerprint density at radius 2 is 1.54 bits per heavy atom. The van der Waals surface area contributed by atoms with Crippen molar-refractivity contribution in [2.75, 3.05) is 0 Å². The smallest absolute Gasteiger partial charge is 0.336 e. The molecule has 3 aromatic carbocycles. The van der Waals surface area contributed by atoms with Crippen LogP contribution >= 0.6 is 22.7 Å². The van der Waals surface area contributed by atoms with Gasteiger partial charge in [0.05, 0.1) is 16.6 Å². The normalized spacial score (nSPS) is 11.2. The zero-order valence-electron chi connectivity index (χ0n) is 22.5. The van der Waals surface area contributed by atoms with Gasteiger partial charge in [-0.2, -0.15) is 0 Å². The third kappa shape index (κ3) is 5.38. The van der Waals surface area contributed by atoms with Crippen LogP contribution in [0.1, 0.15) is 41.5 Å². The van der Waals surface area contributed by atoms with Crippen LogP contribution in [0.5, 0.6) is 0 Å². The summed E-state index contributed by atoms with van der Waals surface area (Å²) in [7, 11) is 0.